The largest absolute Gasteiger partial charge is 0.357 e. The summed E-state index contributed by atoms with van der Waals surface area (Å²) in [7, 11) is 2.21. The molecule has 1 aliphatic carbocycles. The van der Waals surface area contributed by atoms with Gasteiger partial charge in [0, 0.05) is 44.8 Å². The van der Waals surface area contributed by atoms with Crippen LogP contribution in [0.1, 0.15) is 45.4 Å². The minimum Gasteiger partial charge on any atom is -0.357 e. The Morgan fingerprint density at radius 1 is 1.08 bits per heavy atom. The predicted molar refractivity (Wildman–Crippen MR) is 112 cm³/mol. The molecule has 0 amide bonds. The smallest absolute Gasteiger partial charge is 0.191 e. The summed E-state index contributed by atoms with van der Waals surface area (Å²) in [5.74, 6) is 1.76. The molecule has 24 heavy (non-hydrogen) atoms. The number of halogens is 1. The van der Waals surface area contributed by atoms with Crippen LogP contribution in [-0.2, 0) is 0 Å². The van der Waals surface area contributed by atoms with Crippen LogP contribution in [0.4, 0.5) is 0 Å². The van der Waals surface area contributed by atoms with Gasteiger partial charge in [-0.2, -0.15) is 0 Å². The van der Waals surface area contributed by atoms with E-state index in [1.165, 1.54) is 64.7 Å². The highest BCUT2D eigenvalue weighted by molar-refractivity contribution is 14.0. The molecule has 0 aromatic carbocycles. The molecule has 2 atom stereocenters. The molecule has 0 aromatic heterocycles. The number of hydrogen-bond acceptors (Lipinski definition) is 3. The lowest BCUT2D eigenvalue weighted by atomic mass is 10.1. The molecule has 6 heteroatoms. The van der Waals surface area contributed by atoms with Crippen LogP contribution in [0.5, 0.6) is 0 Å². The van der Waals surface area contributed by atoms with Gasteiger partial charge in [0.25, 0.3) is 0 Å². The van der Waals surface area contributed by atoms with Crippen LogP contribution in [0.15, 0.2) is 4.99 Å². The van der Waals surface area contributed by atoms with Gasteiger partial charge in [0.05, 0.1) is 0 Å². The van der Waals surface area contributed by atoms with Crippen molar-refractivity contribution in [1.82, 2.24) is 20.4 Å². The third-order valence-corrected chi connectivity index (χ3v) is 5.74. The maximum Gasteiger partial charge on any atom is 0.191 e. The first-order chi connectivity index (χ1) is 11.2. The van der Waals surface area contributed by atoms with Crippen LogP contribution in [0, 0.1) is 5.92 Å². The second-order valence-electron chi connectivity index (χ2n) is 7.70. The summed E-state index contributed by atoms with van der Waals surface area (Å²) < 4.78 is 0. The number of nitrogens with one attached hydrogen (secondary N) is 2. The highest BCUT2D eigenvalue weighted by atomic mass is 127. The summed E-state index contributed by atoms with van der Waals surface area (Å²) in [6.45, 7) is 8.93. The maximum absolute atomic E-state index is 4.87. The van der Waals surface area contributed by atoms with E-state index in [0.717, 1.165) is 31.0 Å². The predicted octanol–water partition coefficient (Wildman–Crippen LogP) is 2.13. The molecule has 0 radical (unpaired) electrons. The van der Waals surface area contributed by atoms with Crippen molar-refractivity contribution in [3.63, 3.8) is 0 Å². The molecular weight excluding hydrogens is 413 g/mol. The van der Waals surface area contributed by atoms with Crippen molar-refractivity contribution in [2.45, 2.75) is 57.5 Å². The average molecular weight is 449 g/mol. The van der Waals surface area contributed by atoms with E-state index in [0.29, 0.717) is 6.04 Å². The molecule has 3 aliphatic rings. The molecule has 2 heterocycles. The van der Waals surface area contributed by atoms with Crippen molar-refractivity contribution in [2.24, 2.45) is 10.9 Å². The van der Waals surface area contributed by atoms with Gasteiger partial charge in [-0.05, 0) is 52.1 Å². The zero-order valence-corrected chi connectivity index (χ0v) is 17.8. The molecule has 3 rings (SSSR count). The van der Waals surface area contributed by atoms with Gasteiger partial charge in [-0.3, -0.25) is 9.89 Å². The molecule has 2 saturated heterocycles. The summed E-state index contributed by atoms with van der Waals surface area (Å²) in [4.78, 5) is 9.99. The number of likely N-dealkylation sites (tertiary alicyclic amines) is 2. The van der Waals surface area contributed by atoms with Crippen LogP contribution < -0.4 is 10.6 Å². The number of nitrogens with zero attached hydrogens (tertiary/aromatic N) is 3. The standard InChI is InChI=1S/C18H35N5.HI/c1-3-19-18(20-12-15-8-10-22(2)13-15)21-16-9-11-23(14-16)17-6-4-5-7-17;/h15-17H,3-14H2,1-2H3,(H2,19,20,21);1H. The lowest BCUT2D eigenvalue weighted by Gasteiger charge is -2.24. The summed E-state index contributed by atoms with van der Waals surface area (Å²) in [5, 5.41) is 7.12. The first-order valence-corrected chi connectivity index (χ1v) is 9.72. The van der Waals surface area contributed by atoms with Gasteiger partial charge in [0.1, 0.15) is 0 Å². The van der Waals surface area contributed by atoms with Crippen molar-refractivity contribution in [2.75, 3.05) is 46.3 Å². The summed E-state index contributed by atoms with van der Waals surface area (Å²) in [5.41, 5.74) is 0. The fourth-order valence-corrected chi connectivity index (χ4v) is 4.42. The zero-order chi connectivity index (χ0) is 16.1. The number of hydrogen-bond donors (Lipinski definition) is 2. The minimum absolute atomic E-state index is 0. The van der Waals surface area contributed by atoms with E-state index in [1.807, 2.05) is 0 Å². The second kappa shape index (κ2) is 10.2. The summed E-state index contributed by atoms with van der Waals surface area (Å²) >= 11 is 0. The van der Waals surface area contributed by atoms with Gasteiger partial charge in [-0.25, -0.2) is 0 Å². The molecule has 140 valence electrons. The molecule has 1 saturated carbocycles. The van der Waals surface area contributed by atoms with Crippen molar-refractivity contribution in [1.29, 1.82) is 0 Å². The summed E-state index contributed by atoms with van der Waals surface area (Å²) in [6, 6.07) is 1.43. The van der Waals surface area contributed by atoms with Crippen molar-refractivity contribution >= 4 is 29.9 Å². The van der Waals surface area contributed by atoms with Crippen LogP contribution in [-0.4, -0.2) is 74.2 Å². The molecule has 0 aromatic rings. The SMILES string of the molecule is CCNC(=NCC1CCN(C)C1)NC1CCN(C2CCCC2)C1.I. The number of aliphatic imine (C=N–C) groups is 1. The van der Waals surface area contributed by atoms with E-state index in [9.17, 15) is 0 Å². The van der Waals surface area contributed by atoms with Gasteiger partial charge < -0.3 is 15.5 Å². The van der Waals surface area contributed by atoms with Gasteiger partial charge in [0.2, 0.25) is 0 Å². The van der Waals surface area contributed by atoms with Crippen molar-refractivity contribution in [3.8, 4) is 0 Å². The Hall–Kier alpha value is -0.0800. The van der Waals surface area contributed by atoms with Gasteiger partial charge in [0.15, 0.2) is 5.96 Å². The normalized spacial score (nSPS) is 29.8. The quantitative estimate of drug-likeness (QED) is 0.384. The topological polar surface area (TPSA) is 42.9 Å². The van der Waals surface area contributed by atoms with E-state index >= 15 is 0 Å². The first-order valence-electron chi connectivity index (χ1n) is 9.72. The molecule has 5 nitrogen and oxygen atoms in total. The Kier molecular flexibility index (Phi) is 8.57. The molecule has 0 bridgehead atoms. The van der Waals surface area contributed by atoms with Crippen LogP contribution in [0.3, 0.4) is 0 Å². The third kappa shape index (κ3) is 5.73. The van der Waals surface area contributed by atoms with Crippen LogP contribution in [0.25, 0.3) is 0 Å². The Morgan fingerprint density at radius 2 is 1.88 bits per heavy atom. The maximum atomic E-state index is 4.87. The van der Waals surface area contributed by atoms with Crippen molar-refractivity contribution in [3.05, 3.63) is 0 Å². The van der Waals surface area contributed by atoms with Crippen LogP contribution >= 0.6 is 24.0 Å². The van der Waals surface area contributed by atoms with Gasteiger partial charge in [-0.15, -0.1) is 24.0 Å². The Labute approximate surface area is 165 Å². The average Bonchev–Trinajstić information content (AvgIpc) is 3.26. The fourth-order valence-electron chi connectivity index (χ4n) is 4.42. The Bertz CT molecular complexity index is 397. The van der Waals surface area contributed by atoms with Gasteiger partial charge >= 0.3 is 0 Å². The molecule has 0 spiro atoms. The van der Waals surface area contributed by atoms with E-state index in [2.05, 4.69) is 34.4 Å². The second-order valence-corrected chi connectivity index (χ2v) is 7.70. The summed E-state index contributed by atoms with van der Waals surface area (Å²) in [6.07, 6.45) is 8.23. The number of rotatable bonds is 5. The molecule has 2 N–H and O–H groups in total. The van der Waals surface area contributed by atoms with E-state index in [1.54, 1.807) is 0 Å². The highest BCUT2D eigenvalue weighted by Gasteiger charge is 2.30. The molecular formula is C18H36IN5. The highest BCUT2D eigenvalue weighted by Crippen LogP contribution is 2.26. The lowest BCUT2D eigenvalue weighted by molar-refractivity contribution is 0.242. The van der Waals surface area contributed by atoms with Gasteiger partial charge in [-0.1, -0.05) is 12.8 Å². The van der Waals surface area contributed by atoms with Crippen molar-refractivity contribution < 1.29 is 0 Å². The lowest BCUT2D eigenvalue weighted by Crippen LogP contribution is -2.45. The fraction of sp³-hybridized carbons (Fsp3) is 0.944. The van der Waals surface area contributed by atoms with E-state index in [-0.39, 0.29) is 24.0 Å². The third-order valence-electron chi connectivity index (χ3n) is 5.74. The minimum atomic E-state index is 0. The zero-order valence-electron chi connectivity index (χ0n) is 15.5. The van der Waals surface area contributed by atoms with E-state index < -0.39 is 0 Å². The van der Waals surface area contributed by atoms with Crippen LogP contribution in [0.2, 0.25) is 0 Å². The Morgan fingerprint density at radius 3 is 2.54 bits per heavy atom. The molecule has 2 unspecified atom stereocenters. The number of guanidine groups is 1. The first kappa shape index (κ1) is 20.2. The molecule has 2 aliphatic heterocycles. The monoisotopic (exact) mass is 449 g/mol. The Balaban J connectivity index is 0.00000208. The van der Waals surface area contributed by atoms with E-state index in [4.69, 9.17) is 4.99 Å². The molecule has 3 fully saturated rings.